The minimum absolute atomic E-state index is 0.435. The average molecular weight is 289 g/mol. The van der Waals surface area contributed by atoms with Gasteiger partial charge in [-0.25, -0.2) is 9.97 Å². The predicted molar refractivity (Wildman–Crippen MR) is 69.6 cm³/mol. The van der Waals surface area contributed by atoms with E-state index >= 15 is 0 Å². The minimum Gasteiger partial charge on any atom is -0.242 e. The number of aromatic nitrogens is 3. The topological polar surface area (TPSA) is 111 Å². The number of azo groups is 1. The summed E-state index contributed by atoms with van der Waals surface area (Å²) in [7, 11) is 0. The zero-order valence-corrected chi connectivity index (χ0v) is 11.7. The summed E-state index contributed by atoms with van der Waals surface area (Å²) < 4.78 is 3.99. The van der Waals surface area contributed by atoms with Crippen LogP contribution < -0.4 is 0 Å². The second kappa shape index (κ2) is 5.61. The molecule has 94 valence electrons. The van der Waals surface area contributed by atoms with Gasteiger partial charge in [0.1, 0.15) is 10.8 Å². The van der Waals surface area contributed by atoms with Crippen LogP contribution in [0.25, 0.3) is 0 Å². The fourth-order valence-electron chi connectivity index (χ4n) is 1.18. The quantitative estimate of drug-likeness (QED) is 0.805. The molecule has 0 spiro atoms. The number of hydrogen-bond donors (Lipinski definition) is 0. The molecule has 0 radical (unpaired) electrons. The fraction of sp³-hybridized carbons (Fsp3) is 0.300. The maximum absolute atomic E-state index is 8.81. The lowest BCUT2D eigenvalue weighted by molar-refractivity contribution is 1.04. The van der Waals surface area contributed by atoms with E-state index in [0.29, 0.717) is 26.7 Å². The molecule has 7 nitrogen and oxygen atoms in total. The fourth-order valence-corrected chi connectivity index (χ4v) is 2.56. The highest BCUT2D eigenvalue weighted by Gasteiger charge is 2.16. The van der Waals surface area contributed by atoms with Crippen LogP contribution in [-0.4, -0.2) is 14.3 Å². The van der Waals surface area contributed by atoms with Crippen molar-refractivity contribution in [1.29, 1.82) is 10.5 Å². The molecule has 9 heteroatoms. The molecule has 0 amide bonds. The Labute approximate surface area is 117 Å². The summed E-state index contributed by atoms with van der Waals surface area (Å²) in [6, 6.07) is 3.76. The smallest absolute Gasteiger partial charge is 0.242 e. The second-order valence-electron chi connectivity index (χ2n) is 3.46. The van der Waals surface area contributed by atoms with Gasteiger partial charge in [-0.05, 0) is 13.8 Å². The Hall–Kier alpha value is -2.23. The van der Waals surface area contributed by atoms with Gasteiger partial charge in [0.15, 0.2) is 10.9 Å². The molecule has 0 unspecified atom stereocenters. The zero-order chi connectivity index (χ0) is 13.8. The molecule has 19 heavy (non-hydrogen) atoms. The van der Waals surface area contributed by atoms with E-state index in [2.05, 4.69) is 24.6 Å². The summed E-state index contributed by atoms with van der Waals surface area (Å²) in [6.45, 7) is 3.53. The van der Waals surface area contributed by atoms with Crippen LogP contribution in [-0.2, 0) is 0 Å². The van der Waals surface area contributed by atoms with Gasteiger partial charge in [0.25, 0.3) is 0 Å². The second-order valence-corrected chi connectivity index (χ2v) is 5.20. The van der Waals surface area contributed by atoms with Crippen molar-refractivity contribution in [3.05, 3.63) is 16.5 Å². The lowest BCUT2D eigenvalue weighted by Crippen LogP contribution is -1.89. The molecule has 2 aromatic heterocycles. The van der Waals surface area contributed by atoms with Crippen LogP contribution in [0.15, 0.2) is 10.2 Å². The lowest BCUT2D eigenvalue weighted by atomic mass is 10.2. The van der Waals surface area contributed by atoms with Crippen molar-refractivity contribution >= 4 is 33.0 Å². The number of thiazole rings is 1. The van der Waals surface area contributed by atoms with Crippen LogP contribution in [0.5, 0.6) is 0 Å². The summed E-state index contributed by atoms with van der Waals surface area (Å²) in [5.74, 6) is -0.217. The third kappa shape index (κ3) is 2.96. The van der Waals surface area contributed by atoms with Crippen molar-refractivity contribution in [3.8, 4) is 12.1 Å². The van der Waals surface area contributed by atoms with Crippen molar-refractivity contribution < 1.29 is 0 Å². The zero-order valence-electron chi connectivity index (χ0n) is 10.0. The third-order valence-corrected chi connectivity index (χ3v) is 3.84. The van der Waals surface area contributed by atoms with Crippen molar-refractivity contribution in [2.45, 2.75) is 19.8 Å². The number of aryl methyl sites for hydroxylation is 2. The van der Waals surface area contributed by atoms with Crippen LogP contribution in [0.1, 0.15) is 22.4 Å². The lowest BCUT2D eigenvalue weighted by Gasteiger charge is -1.88. The van der Waals surface area contributed by atoms with Crippen LogP contribution in [0.4, 0.5) is 10.1 Å². The van der Waals surface area contributed by atoms with Gasteiger partial charge in [0, 0.05) is 11.5 Å². The van der Waals surface area contributed by atoms with Crippen LogP contribution in [0.3, 0.4) is 0 Å². The maximum atomic E-state index is 8.81. The van der Waals surface area contributed by atoms with E-state index in [0.717, 1.165) is 11.5 Å². The SMILES string of the molecule is Cc1nsc(/N=N/c2sc(C(C#N)C#N)nc2C)n1. The Balaban J connectivity index is 2.25. The predicted octanol–water partition coefficient (Wildman–Crippen LogP) is 3.16. The van der Waals surface area contributed by atoms with Gasteiger partial charge < -0.3 is 0 Å². The van der Waals surface area contributed by atoms with Crippen LogP contribution >= 0.6 is 22.9 Å². The van der Waals surface area contributed by atoms with E-state index in [-0.39, 0.29) is 0 Å². The van der Waals surface area contributed by atoms with E-state index in [1.165, 1.54) is 11.3 Å². The molecule has 0 fully saturated rings. The molecule has 0 bridgehead atoms. The van der Waals surface area contributed by atoms with Crippen LogP contribution in [0, 0.1) is 36.5 Å². The summed E-state index contributed by atoms with van der Waals surface area (Å²) in [6.07, 6.45) is 0. The number of rotatable bonds is 3. The largest absolute Gasteiger partial charge is 0.249 e. The Kier molecular flexibility index (Phi) is 3.90. The van der Waals surface area contributed by atoms with Gasteiger partial charge in [0.2, 0.25) is 5.13 Å². The van der Waals surface area contributed by atoms with Crippen molar-refractivity contribution in [1.82, 2.24) is 14.3 Å². The summed E-state index contributed by atoms with van der Waals surface area (Å²) in [5.41, 5.74) is 0.639. The highest BCUT2D eigenvalue weighted by molar-refractivity contribution is 7.15. The first-order chi connectivity index (χ1) is 9.13. The number of hydrogen-bond acceptors (Lipinski definition) is 9. The molecule has 0 aliphatic rings. The maximum Gasteiger partial charge on any atom is 0.249 e. The first-order valence-electron chi connectivity index (χ1n) is 5.12. The summed E-state index contributed by atoms with van der Waals surface area (Å²) in [5, 5.41) is 27.1. The van der Waals surface area contributed by atoms with E-state index < -0.39 is 5.92 Å². The molecule has 0 saturated heterocycles. The molecule has 0 aliphatic carbocycles. The van der Waals surface area contributed by atoms with Crippen LogP contribution in [0.2, 0.25) is 0 Å². The molecule has 0 saturated carbocycles. The molecule has 2 aromatic rings. The molecular formula is C10H7N7S2. The van der Waals surface area contributed by atoms with Gasteiger partial charge in [-0.3, -0.25) is 0 Å². The molecule has 2 heterocycles. The first kappa shape index (κ1) is 13.2. The van der Waals surface area contributed by atoms with Gasteiger partial charge >= 0.3 is 0 Å². The number of nitriles is 2. The van der Waals surface area contributed by atoms with Crippen molar-refractivity contribution in [3.63, 3.8) is 0 Å². The average Bonchev–Trinajstić information content (AvgIpc) is 2.95. The first-order valence-corrected chi connectivity index (χ1v) is 6.71. The van der Waals surface area contributed by atoms with Crippen molar-refractivity contribution in [2.24, 2.45) is 10.2 Å². The molecule has 2 rings (SSSR count). The van der Waals surface area contributed by atoms with E-state index in [9.17, 15) is 0 Å². The summed E-state index contributed by atoms with van der Waals surface area (Å²) in [4.78, 5) is 8.21. The Morgan fingerprint density at radius 2 is 1.89 bits per heavy atom. The van der Waals surface area contributed by atoms with Gasteiger partial charge in [-0.15, -0.1) is 10.2 Å². The highest BCUT2D eigenvalue weighted by atomic mass is 32.1. The van der Waals surface area contributed by atoms with E-state index in [1.807, 2.05) is 12.1 Å². The third-order valence-electron chi connectivity index (χ3n) is 2.04. The standard InChI is InChI=1S/C10H7N7S2/c1-5-8(15-16-10-14-6(2)17-19-10)18-9(13-5)7(3-11)4-12/h7H,1-2H3/b16-15+. The molecule has 0 aromatic carbocycles. The summed E-state index contributed by atoms with van der Waals surface area (Å²) >= 11 is 2.34. The Morgan fingerprint density at radius 3 is 2.47 bits per heavy atom. The number of nitrogens with zero attached hydrogens (tertiary/aromatic N) is 7. The monoisotopic (exact) mass is 289 g/mol. The minimum atomic E-state index is -0.864. The van der Waals surface area contributed by atoms with Crippen molar-refractivity contribution in [2.75, 3.05) is 0 Å². The molecular weight excluding hydrogens is 282 g/mol. The van der Waals surface area contributed by atoms with E-state index in [1.54, 1.807) is 13.8 Å². The van der Waals surface area contributed by atoms with E-state index in [4.69, 9.17) is 10.5 Å². The van der Waals surface area contributed by atoms with Gasteiger partial charge in [-0.2, -0.15) is 14.9 Å². The van der Waals surface area contributed by atoms with Gasteiger partial charge in [-0.1, -0.05) is 11.3 Å². The molecule has 0 N–H and O–H groups in total. The Morgan fingerprint density at radius 1 is 1.16 bits per heavy atom. The Bertz CT molecular complexity index is 686. The molecule has 0 atom stereocenters. The molecule has 0 aliphatic heterocycles. The van der Waals surface area contributed by atoms with Gasteiger partial charge in [0.05, 0.1) is 17.8 Å². The highest BCUT2D eigenvalue weighted by Crippen LogP contribution is 2.32. The normalized spacial score (nSPS) is 10.8.